The van der Waals surface area contributed by atoms with Gasteiger partial charge < -0.3 is 31.8 Å². The number of nitrogens with zero attached hydrogens (tertiary/aromatic N) is 1. The molecule has 13 heteroatoms. The van der Waals surface area contributed by atoms with Crippen molar-refractivity contribution in [3.8, 4) is 0 Å². The highest BCUT2D eigenvalue weighted by Gasteiger charge is 2.30. The van der Waals surface area contributed by atoms with E-state index in [0.717, 1.165) is 5.56 Å². The smallest absolute Gasteiger partial charge is 0.326 e. The minimum atomic E-state index is -1.21. The average Bonchev–Trinajstić information content (AvgIpc) is 3.41. The van der Waals surface area contributed by atoms with E-state index >= 15 is 0 Å². The predicted octanol–water partition coefficient (Wildman–Crippen LogP) is 0.567. The molecule has 11 nitrogen and oxygen atoms in total. The van der Waals surface area contributed by atoms with E-state index in [1.807, 2.05) is 42.8 Å². The van der Waals surface area contributed by atoms with Gasteiger partial charge in [-0.05, 0) is 48.8 Å². The van der Waals surface area contributed by atoms with Gasteiger partial charge in [0.05, 0.1) is 12.4 Å². The lowest BCUT2D eigenvalue weighted by molar-refractivity contribution is -0.142. The fourth-order valence-electron chi connectivity index (χ4n) is 3.61. The van der Waals surface area contributed by atoms with Gasteiger partial charge in [0.2, 0.25) is 17.7 Å². The second-order valence-corrected chi connectivity index (χ2v) is 10.6. The molecule has 0 aliphatic rings. The molecule has 3 amide bonds. The standard InChI is InChI=1S/C25H36N6O5S2/c1-37-10-8-19(29-22(32)18(26)12-16-6-4-3-5-7-16)23(33)30-20(9-11-38-2)24(34)31-21(25(35)36)13-17-14-27-15-28-17/h3-7,14-15,18-21H,8-13,26H2,1-2H3,(H,27,28)(H,29,32)(H,30,33)(H,31,34)(H,35,36). The first-order valence-corrected chi connectivity index (χ1v) is 14.9. The highest BCUT2D eigenvalue weighted by Crippen LogP contribution is 2.08. The minimum absolute atomic E-state index is 0.00990. The van der Waals surface area contributed by atoms with Crippen molar-refractivity contribution in [1.29, 1.82) is 0 Å². The summed E-state index contributed by atoms with van der Waals surface area (Å²) in [7, 11) is 0. The predicted molar refractivity (Wildman–Crippen MR) is 150 cm³/mol. The number of benzene rings is 1. The van der Waals surface area contributed by atoms with Crippen LogP contribution in [0.3, 0.4) is 0 Å². The molecule has 208 valence electrons. The summed E-state index contributed by atoms with van der Waals surface area (Å²) in [6.07, 6.45) is 7.61. The van der Waals surface area contributed by atoms with Gasteiger partial charge in [0.1, 0.15) is 18.1 Å². The molecule has 2 aromatic rings. The lowest BCUT2D eigenvalue weighted by atomic mass is 10.1. The highest BCUT2D eigenvalue weighted by molar-refractivity contribution is 7.98. The van der Waals surface area contributed by atoms with E-state index in [4.69, 9.17) is 5.73 Å². The molecule has 0 aliphatic heterocycles. The van der Waals surface area contributed by atoms with Gasteiger partial charge in [0.25, 0.3) is 0 Å². The van der Waals surface area contributed by atoms with E-state index in [1.54, 1.807) is 0 Å². The van der Waals surface area contributed by atoms with Gasteiger partial charge in [0.15, 0.2) is 0 Å². The summed E-state index contributed by atoms with van der Waals surface area (Å²) in [5.41, 5.74) is 7.55. The fraction of sp³-hybridized carbons (Fsp3) is 0.480. The number of H-pyrrole nitrogens is 1. The summed E-state index contributed by atoms with van der Waals surface area (Å²) in [5.74, 6) is -1.66. The number of hydrogen-bond acceptors (Lipinski definition) is 8. The number of nitrogens with two attached hydrogens (primary N) is 1. The molecule has 0 radical (unpaired) electrons. The summed E-state index contributed by atoms with van der Waals surface area (Å²) in [5, 5.41) is 17.6. The Morgan fingerprint density at radius 3 is 1.95 bits per heavy atom. The number of imidazole rings is 1. The Morgan fingerprint density at radius 1 is 0.895 bits per heavy atom. The summed E-state index contributed by atoms with van der Waals surface area (Å²) in [6.45, 7) is 0. The fourth-order valence-corrected chi connectivity index (χ4v) is 4.55. The summed E-state index contributed by atoms with van der Waals surface area (Å²) in [4.78, 5) is 57.5. The summed E-state index contributed by atoms with van der Waals surface area (Å²) < 4.78 is 0. The first-order chi connectivity index (χ1) is 18.2. The summed E-state index contributed by atoms with van der Waals surface area (Å²) >= 11 is 3.01. The minimum Gasteiger partial charge on any atom is -0.480 e. The molecule has 4 unspecified atom stereocenters. The Bertz CT molecular complexity index is 1020. The normalized spacial score (nSPS) is 14.1. The summed E-state index contributed by atoms with van der Waals surface area (Å²) in [6, 6.07) is 5.39. The van der Waals surface area contributed by atoms with Crippen LogP contribution in [0.1, 0.15) is 24.1 Å². The maximum Gasteiger partial charge on any atom is 0.326 e. The van der Waals surface area contributed by atoms with Gasteiger partial charge in [-0.1, -0.05) is 30.3 Å². The van der Waals surface area contributed by atoms with Gasteiger partial charge in [-0.15, -0.1) is 0 Å². The number of carbonyl (C=O) groups excluding carboxylic acids is 3. The monoisotopic (exact) mass is 564 g/mol. The van der Waals surface area contributed by atoms with E-state index in [1.165, 1.54) is 36.0 Å². The van der Waals surface area contributed by atoms with Crippen molar-refractivity contribution in [1.82, 2.24) is 25.9 Å². The van der Waals surface area contributed by atoms with Crippen LogP contribution in [0.4, 0.5) is 0 Å². The Balaban J connectivity index is 2.08. The maximum atomic E-state index is 13.2. The van der Waals surface area contributed by atoms with Crippen molar-refractivity contribution < 1.29 is 24.3 Å². The second-order valence-electron chi connectivity index (χ2n) is 8.66. The number of carboxylic acid groups (broad SMARTS) is 1. The number of carboxylic acids is 1. The maximum absolute atomic E-state index is 13.2. The van der Waals surface area contributed by atoms with E-state index in [2.05, 4.69) is 25.9 Å². The van der Waals surface area contributed by atoms with Crippen LogP contribution in [-0.4, -0.2) is 86.9 Å². The number of carbonyl (C=O) groups is 4. The molecule has 1 heterocycles. The van der Waals surface area contributed by atoms with Crippen molar-refractivity contribution in [2.45, 2.75) is 49.9 Å². The Morgan fingerprint density at radius 2 is 1.45 bits per heavy atom. The SMILES string of the molecule is CSCCC(NC(=O)C(N)Cc1ccccc1)C(=O)NC(CCSC)C(=O)NC(Cc1cnc[nH]1)C(=O)O. The third-order valence-electron chi connectivity index (χ3n) is 5.72. The first kappa shape index (κ1) is 31.2. The van der Waals surface area contributed by atoms with E-state index in [0.29, 0.717) is 30.0 Å². The van der Waals surface area contributed by atoms with E-state index in [-0.39, 0.29) is 12.8 Å². The largest absolute Gasteiger partial charge is 0.480 e. The zero-order valence-electron chi connectivity index (χ0n) is 21.5. The molecule has 0 saturated heterocycles. The van der Waals surface area contributed by atoms with Crippen LogP contribution in [0.5, 0.6) is 0 Å². The van der Waals surface area contributed by atoms with Gasteiger partial charge >= 0.3 is 5.97 Å². The van der Waals surface area contributed by atoms with Crippen LogP contribution in [0.15, 0.2) is 42.9 Å². The third kappa shape index (κ3) is 10.8. The highest BCUT2D eigenvalue weighted by atomic mass is 32.2. The zero-order valence-corrected chi connectivity index (χ0v) is 23.1. The van der Waals surface area contributed by atoms with Gasteiger partial charge in [-0.3, -0.25) is 14.4 Å². The van der Waals surface area contributed by atoms with Crippen LogP contribution in [0.25, 0.3) is 0 Å². The van der Waals surface area contributed by atoms with Crippen molar-refractivity contribution in [3.63, 3.8) is 0 Å². The number of aromatic amines is 1. The molecular formula is C25H36N6O5S2. The number of rotatable bonds is 17. The first-order valence-electron chi connectivity index (χ1n) is 12.1. The Hall–Kier alpha value is -3.03. The zero-order chi connectivity index (χ0) is 27.9. The molecule has 1 aromatic carbocycles. The van der Waals surface area contributed by atoms with Crippen molar-refractivity contribution >= 4 is 47.2 Å². The van der Waals surface area contributed by atoms with Crippen LogP contribution in [0, 0.1) is 0 Å². The molecular weight excluding hydrogens is 528 g/mol. The van der Waals surface area contributed by atoms with Crippen molar-refractivity contribution in [2.24, 2.45) is 5.73 Å². The van der Waals surface area contributed by atoms with Gasteiger partial charge in [0, 0.05) is 18.3 Å². The topological polar surface area (TPSA) is 179 Å². The number of aromatic nitrogens is 2. The average molecular weight is 565 g/mol. The molecule has 1 aromatic heterocycles. The Labute approximate surface area is 230 Å². The van der Waals surface area contributed by atoms with Crippen LogP contribution in [0.2, 0.25) is 0 Å². The van der Waals surface area contributed by atoms with Crippen LogP contribution < -0.4 is 21.7 Å². The van der Waals surface area contributed by atoms with Gasteiger partial charge in [-0.2, -0.15) is 23.5 Å². The lowest BCUT2D eigenvalue weighted by Gasteiger charge is -2.25. The molecule has 38 heavy (non-hydrogen) atoms. The molecule has 0 fully saturated rings. The number of aliphatic carboxylic acids is 1. The van der Waals surface area contributed by atoms with Gasteiger partial charge in [-0.25, -0.2) is 9.78 Å². The molecule has 2 rings (SSSR count). The molecule has 0 bridgehead atoms. The van der Waals surface area contributed by atoms with Crippen molar-refractivity contribution in [3.05, 3.63) is 54.1 Å². The van der Waals surface area contributed by atoms with Crippen LogP contribution in [-0.2, 0) is 32.0 Å². The van der Waals surface area contributed by atoms with Crippen LogP contribution >= 0.6 is 23.5 Å². The van der Waals surface area contributed by atoms with E-state index in [9.17, 15) is 24.3 Å². The number of nitrogens with one attached hydrogen (secondary N) is 4. The second kappa shape index (κ2) is 16.7. The quantitative estimate of drug-likeness (QED) is 0.160. The Kier molecular flexibility index (Phi) is 13.7. The lowest BCUT2D eigenvalue weighted by Crippen LogP contribution is -2.57. The molecule has 0 aliphatic carbocycles. The molecule has 0 saturated carbocycles. The number of thioether (sulfide) groups is 2. The number of hydrogen-bond donors (Lipinski definition) is 6. The van der Waals surface area contributed by atoms with Crippen molar-refractivity contribution in [2.75, 3.05) is 24.0 Å². The third-order valence-corrected chi connectivity index (χ3v) is 7.00. The molecule has 7 N–H and O–H groups in total. The van der Waals surface area contributed by atoms with E-state index < -0.39 is 47.9 Å². The molecule has 0 spiro atoms. The number of amides is 3. The molecule has 4 atom stereocenters.